The Hall–Kier alpha value is -3.70. The maximum absolute atomic E-state index is 8.88. The number of nitrogen functional groups attached to an aromatic ring is 1. The van der Waals surface area contributed by atoms with Crippen LogP contribution in [0, 0.1) is 11.3 Å². The van der Waals surface area contributed by atoms with E-state index in [9.17, 15) is 0 Å². The van der Waals surface area contributed by atoms with Gasteiger partial charge in [-0.05, 0) is 41.8 Å². The Kier molecular flexibility index (Phi) is 5.44. The Bertz CT molecular complexity index is 954. The molecule has 0 bridgehead atoms. The molecule has 0 aliphatic carbocycles. The van der Waals surface area contributed by atoms with Gasteiger partial charge in [-0.25, -0.2) is 0 Å². The van der Waals surface area contributed by atoms with Crippen molar-refractivity contribution in [3.63, 3.8) is 0 Å². The van der Waals surface area contributed by atoms with Crippen molar-refractivity contribution >= 4 is 29.2 Å². The van der Waals surface area contributed by atoms with Crippen LogP contribution in [0.1, 0.15) is 23.6 Å². The van der Waals surface area contributed by atoms with Crippen LogP contribution in [0.15, 0.2) is 42.5 Å². The van der Waals surface area contributed by atoms with Gasteiger partial charge < -0.3 is 22.1 Å². The van der Waals surface area contributed by atoms with Crippen molar-refractivity contribution in [3.05, 3.63) is 59.2 Å². The lowest BCUT2D eigenvalue weighted by Gasteiger charge is -2.15. The van der Waals surface area contributed by atoms with Crippen molar-refractivity contribution in [1.29, 1.82) is 5.26 Å². The number of aryl methyl sites for hydroxylation is 1. The number of nitriles is 1. The molecule has 8 heteroatoms. The predicted molar refractivity (Wildman–Crippen MR) is 106 cm³/mol. The number of nitrogens with two attached hydrogens (primary N) is 2. The normalized spacial score (nSPS) is 10.3. The molecule has 0 radical (unpaired) electrons. The molecule has 0 fully saturated rings. The monoisotopic (exact) mass is 360 g/mol. The summed E-state index contributed by atoms with van der Waals surface area (Å²) in [4.78, 5) is 12.7. The highest BCUT2D eigenvalue weighted by atomic mass is 15.2. The van der Waals surface area contributed by atoms with Gasteiger partial charge in [0.25, 0.3) is 0 Å². The number of rotatable bonds is 6. The van der Waals surface area contributed by atoms with E-state index in [0.29, 0.717) is 24.0 Å². The van der Waals surface area contributed by atoms with Gasteiger partial charge in [-0.3, -0.25) is 0 Å². The molecule has 2 aromatic carbocycles. The fraction of sp³-hybridized carbons (Fsp3) is 0.158. The molecule has 136 valence electrons. The topological polar surface area (TPSA) is 139 Å². The fourth-order valence-corrected chi connectivity index (χ4v) is 2.65. The number of nitrogens with one attached hydrogen (secondary N) is 2. The quantitative estimate of drug-likeness (QED) is 0.526. The molecule has 1 heterocycles. The summed E-state index contributed by atoms with van der Waals surface area (Å²) in [6.45, 7) is 2.47. The van der Waals surface area contributed by atoms with E-state index >= 15 is 0 Å². The average Bonchev–Trinajstić information content (AvgIpc) is 2.68. The SMILES string of the molecule is CCc1cccc(CN)c1Nc1nc(N)nc(Nc2ccc(C#N)cc2)n1. The number of anilines is 5. The summed E-state index contributed by atoms with van der Waals surface area (Å²) in [5.41, 5.74) is 16.0. The van der Waals surface area contributed by atoms with Crippen molar-refractivity contribution in [2.45, 2.75) is 19.9 Å². The molecular formula is C19H20N8. The minimum Gasteiger partial charge on any atom is -0.368 e. The van der Waals surface area contributed by atoms with Gasteiger partial charge in [-0.15, -0.1) is 0 Å². The first-order valence-corrected chi connectivity index (χ1v) is 8.49. The number of para-hydroxylation sites is 1. The smallest absolute Gasteiger partial charge is 0.233 e. The standard InChI is InChI=1S/C19H20N8/c1-2-13-4-3-5-14(11-21)16(13)24-19-26-17(22)25-18(27-19)23-15-8-6-12(10-20)7-9-15/h3-9H,2,11,21H2,1H3,(H4,22,23,24,25,26,27). The van der Waals surface area contributed by atoms with Gasteiger partial charge in [0.1, 0.15) is 0 Å². The summed E-state index contributed by atoms with van der Waals surface area (Å²) < 4.78 is 0. The van der Waals surface area contributed by atoms with Gasteiger partial charge in [0.05, 0.1) is 11.6 Å². The van der Waals surface area contributed by atoms with Crippen molar-refractivity contribution < 1.29 is 0 Å². The van der Waals surface area contributed by atoms with E-state index in [1.807, 2.05) is 18.2 Å². The van der Waals surface area contributed by atoms with Gasteiger partial charge in [-0.2, -0.15) is 20.2 Å². The molecule has 0 amide bonds. The molecule has 0 saturated heterocycles. The molecule has 0 atom stereocenters. The number of hydrogen-bond donors (Lipinski definition) is 4. The van der Waals surface area contributed by atoms with E-state index in [1.54, 1.807) is 24.3 Å². The molecule has 0 aliphatic heterocycles. The van der Waals surface area contributed by atoms with Crippen LogP contribution in [0.4, 0.5) is 29.2 Å². The van der Waals surface area contributed by atoms with E-state index in [2.05, 4.69) is 38.6 Å². The van der Waals surface area contributed by atoms with Crippen LogP contribution in [0.2, 0.25) is 0 Å². The highest BCUT2D eigenvalue weighted by molar-refractivity contribution is 5.65. The van der Waals surface area contributed by atoms with Crippen LogP contribution in [0.3, 0.4) is 0 Å². The van der Waals surface area contributed by atoms with Crippen LogP contribution in [0.25, 0.3) is 0 Å². The van der Waals surface area contributed by atoms with Crippen LogP contribution in [-0.2, 0) is 13.0 Å². The van der Waals surface area contributed by atoms with Gasteiger partial charge in [-0.1, -0.05) is 25.1 Å². The Labute approximate surface area is 157 Å². The second kappa shape index (κ2) is 8.12. The molecule has 3 aromatic rings. The third-order valence-electron chi connectivity index (χ3n) is 4.00. The number of hydrogen-bond acceptors (Lipinski definition) is 8. The summed E-state index contributed by atoms with van der Waals surface area (Å²) in [6.07, 6.45) is 0.840. The highest BCUT2D eigenvalue weighted by Gasteiger charge is 2.10. The Balaban J connectivity index is 1.89. The summed E-state index contributed by atoms with van der Waals surface area (Å²) in [6, 6.07) is 15.0. The highest BCUT2D eigenvalue weighted by Crippen LogP contribution is 2.25. The van der Waals surface area contributed by atoms with Gasteiger partial charge in [0, 0.05) is 17.9 Å². The number of benzene rings is 2. The fourth-order valence-electron chi connectivity index (χ4n) is 2.65. The Morgan fingerprint density at radius 1 is 0.963 bits per heavy atom. The molecule has 0 spiro atoms. The van der Waals surface area contributed by atoms with Gasteiger partial charge in [0.15, 0.2) is 0 Å². The summed E-state index contributed by atoms with van der Waals surface area (Å²) >= 11 is 0. The summed E-state index contributed by atoms with van der Waals surface area (Å²) in [5.74, 6) is 0.721. The molecule has 1 aromatic heterocycles. The third-order valence-corrected chi connectivity index (χ3v) is 4.00. The van der Waals surface area contributed by atoms with E-state index in [1.165, 1.54) is 0 Å². The molecular weight excluding hydrogens is 340 g/mol. The van der Waals surface area contributed by atoms with Crippen LogP contribution < -0.4 is 22.1 Å². The van der Waals surface area contributed by atoms with Gasteiger partial charge in [0.2, 0.25) is 17.8 Å². The van der Waals surface area contributed by atoms with E-state index in [4.69, 9.17) is 16.7 Å². The summed E-state index contributed by atoms with van der Waals surface area (Å²) in [7, 11) is 0. The first-order valence-electron chi connectivity index (χ1n) is 8.49. The first-order chi connectivity index (χ1) is 13.1. The number of nitrogens with zero attached hydrogens (tertiary/aromatic N) is 4. The van der Waals surface area contributed by atoms with E-state index in [-0.39, 0.29) is 5.95 Å². The molecule has 3 rings (SSSR count). The zero-order chi connectivity index (χ0) is 19.2. The van der Waals surface area contributed by atoms with Gasteiger partial charge >= 0.3 is 0 Å². The lowest BCUT2D eigenvalue weighted by atomic mass is 10.1. The van der Waals surface area contributed by atoms with Crippen LogP contribution in [0.5, 0.6) is 0 Å². The summed E-state index contributed by atoms with van der Waals surface area (Å²) in [5, 5.41) is 15.2. The second-order valence-corrected chi connectivity index (χ2v) is 5.79. The molecule has 27 heavy (non-hydrogen) atoms. The van der Waals surface area contributed by atoms with E-state index in [0.717, 1.165) is 28.9 Å². The largest absolute Gasteiger partial charge is 0.368 e. The molecule has 0 aliphatic rings. The predicted octanol–water partition coefficient (Wildman–Crippen LogP) is 2.83. The van der Waals surface area contributed by atoms with Crippen molar-refractivity contribution in [2.75, 3.05) is 16.4 Å². The Morgan fingerprint density at radius 3 is 2.26 bits per heavy atom. The third kappa shape index (κ3) is 4.29. The maximum Gasteiger partial charge on any atom is 0.233 e. The molecule has 6 N–H and O–H groups in total. The lowest BCUT2D eigenvalue weighted by molar-refractivity contribution is 1.03. The first kappa shape index (κ1) is 18.1. The lowest BCUT2D eigenvalue weighted by Crippen LogP contribution is -2.10. The second-order valence-electron chi connectivity index (χ2n) is 5.79. The van der Waals surface area contributed by atoms with Crippen LogP contribution in [-0.4, -0.2) is 15.0 Å². The van der Waals surface area contributed by atoms with E-state index < -0.39 is 0 Å². The average molecular weight is 360 g/mol. The zero-order valence-electron chi connectivity index (χ0n) is 14.9. The van der Waals surface area contributed by atoms with Crippen molar-refractivity contribution in [3.8, 4) is 6.07 Å². The zero-order valence-corrected chi connectivity index (χ0v) is 14.9. The van der Waals surface area contributed by atoms with Crippen molar-refractivity contribution in [1.82, 2.24) is 15.0 Å². The Morgan fingerprint density at radius 2 is 1.63 bits per heavy atom. The molecule has 0 saturated carbocycles. The minimum absolute atomic E-state index is 0.0897. The molecule has 0 unspecified atom stereocenters. The molecule has 8 nitrogen and oxygen atoms in total. The van der Waals surface area contributed by atoms with Crippen LogP contribution >= 0.6 is 0 Å². The minimum atomic E-state index is 0.0897. The number of aromatic nitrogens is 3. The maximum atomic E-state index is 8.88. The van der Waals surface area contributed by atoms with Crippen molar-refractivity contribution in [2.24, 2.45) is 5.73 Å².